The van der Waals surface area contributed by atoms with Crippen LogP contribution in [0.4, 0.5) is 10.9 Å². The van der Waals surface area contributed by atoms with Crippen LogP contribution < -0.4 is 5.32 Å². The normalized spacial score (nSPS) is 17.4. The van der Waals surface area contributed by atoms with Gasteiger partial charge in [0.2, 0.25) is 5.91 Å². The van der Waals surface area contributed by atoms with E-state index in [1.54, 1.807) is 18.3 Å². The van der Waals surface area contributed by atoms with E-state index in [2.05, 4.69) is 26.8 Å². The van der Waals surface area contributed by atoms with Crippen molar-refractivity contribution in [1.29, 1.82) is 0 Å². The molecule has 1 unspecified atom stereocenters. The van der Waals surface area contributed by atoms with Crippen molar-refractivity contribution in [2.75, 3.05) is 11.9 Å². The lowest BCUT2D eigenvalue weighted by Gasteiger charge is -2.35. The van der Waals surface area contributed by atoms with E-state index < -0.39 is 0 Å². The molecule has 0 radical (unpaired) electrons. The van der Waals surface area contributed by atoms with Gasteiger partial charge in [-0.05, 0) is 40.0 Å². The number of rotatable bonds is 4. The molecular weight excluding hydrogens is 334 g/mol. The maximum absolute atomic E-state index is 12.5. The van der Waals surface area contributed by atoms with E-state index in [1.807, 2.05) is 31.0 Å². The Morgan fingerprint density at radius 2 is 2.16 bits per heavy atom. The van der Waals surface area contributed by atoms with Crippen LogP contribution in [0, 0.1) is 13.8 Å². The summed E-state index contributed by atoms with van der Waals surface area (Å²) in [6.07, 6.45) is 4.84. The van der Waals surface area contributed by atoms with Gasteiger partial charge in [0.1, 0.15) is 11.6 Å². The zero-order valence-corrected chi connectivity index (χ0v) is 15.7. The molecule has 25 heavy (non-hydrogen) atoms. The summed E-state index contributed by atoms with van der Waals surface area (Å²) in [5.41, 5.74) is 1.44. The molecule has 2 aromatic rings. The number of aryl methyl sites for hydroxylation is 2. The van der Waals surface area contributed by atoms with Crippen LogP contribution in [0.2, 0.25) is 0 Å². The molecule has 3 rings (SSSR count). The topological polar surface area (TPSA) is 71.0 Å². The van der Waals surface area contributed by atoms with Crippen molar-refractivity contribution in [3.8, 4) is 0 Å². The lowest BCUT2D eigenvalue weighted by atomic mass is 9.98. The van der Waals surface area contributed by atoms with E-state index in [0.29, 0.717) is 17.2 Å². The predicted molar refractivity (Wildman–Crippen MR) is 100 cm³/mol. The van der Waals surface area contributed by atoms with Gasteiger partial charge in [-0.25, -0.2) is 15.0 Å². The fourth-order valence-electron chi connectivity index (χ4n) is 3.07. The SMILES string of the molecule is C=C(C)C(=O)N1CCCCC1c1cc(Nc2ncc(C)s2)nc(C)n1. The Kier molecular flexibility index (Phi) is 5.13. The van der Waals surface area contributed by atoms with E-state index in [0.717, 1.165) is 41.5 Å². The van der Waals surface area contributed by atoms with Gasteiger partial charge in [-0.3, -0.25) is 4.79 Å². The van der Waals surface area contributed by atoms with Gasteiger partial charge in [0.05, 0.1) is 11.7 Å². The Balaban J connectivity index is 1.89. The molecule has 132 valence electrons. The summed E-state index contributed by atoms with van der Waals surface area (Å²) < 4.78 is 0. The van der Waals surface area contributed by atoms with Crippen LogP contribution >= 0.6 is 11.3 Å². The largest absolute Gasteiger partial charge is 0.330 e. The highest BCUT2D eigenvalue weighted by molar-refractivity contribution is 7.15. The molecule has 3 heterocycles. The highest BCUT2D eigenvalue weighted by Gasteiger charge is 2.29. The van der Waals surface area contributed by atoms with Crippen LogP contribution in [0.5, 0.6) is 0 Å². The first kappa shape index (κ1) is 17.5. The quantitative estimate of drug-likeness (QED) is 0.840. The molecule has 1 amide bonds. The van der Waals surface area contributed by atoms with Crippen LogP contribution in [0.1, 0.15) is 48.6 Å². The van der Waals surface area contributed by atoms with Crippen molar-refractivity contribution >= 4 is 28.2 Å². The lowest BCUT2D eigenvalue weighted by molar-refractivity contribution is -0.130. The number of amides is 1. The van der Waals surface area contributed by atoms with Gasteiger partial charge in [0, 0.05) is 29.3 Å². The molecule has 7 heteroatoms. The van der Waals surface area contributed by atoms with Crippen LogP contribution in [-0.2, 0) is 4.79 Å². The summed E-state index contributed by atoms with van der Waals surface area (Å²) in [5.74, 6) is 1.40. The van der Waals surface area contributed by atoms with Crippen molar-refractivity contribution in [3.05, 3.63) is 40.8 Å². The molecule has 0 saturated carbocycles. The fraction of sp³-hybridized carbons (Fsp3) is 0.444. The Labute approximate surface area is 152 Å². The smallest absolute Gasteiger partial charge is 0.249 e. The van der Waals surface area contributed by atoms with Crippen molar-refractivity contribution in [2.45, 2.75) is 46.1 Å². The van der Waals surface area contributed by atoms with Crippen LogP contribution in [-0.4, -0.2) is 32.3 Å². The number of nitrogens with one attached hydrogen (secondary N) is 1. The van der Waals surface area contributed by atoms with Gasteiger partial charge in [0.15, 0.2) is 5.13 Å². The Hall–Kier alpha value is -2.28. The molecule has 1 N–H and O–H groups in total. The Bertz CT molecular complexity index is 801. The monoisotopic (exact) mass is 357 g/mol. The zero-order chi connectivity index (χ0) is 18.0. The van der Waals surface area contributed by atoms with E-state index in [-0.39, 0.29) is 11.9 Å². The summed E-state index contributed by atoms with van der Waals surface area (Å²) >= 11 is 1.58. The first-order valence-corrected chi connectivity index (χ1v) is 9.27. The standard InChI is InChI=1S/C18H23N5OS/c1-11(2)17(24)23-8-6-5-7-15(23)14-9-16(21-13(4)20-14)22-18-19-10-12(3)25-18/h9-10,15H,1,5-8H2,2-4H3,(H,19,20,21,22). The second-order valence-electron chi connectivity index (χ2n) is 6.42. The third-order valence-corrected chi connectivity index (χ3v) is 5.01. The number of carbonyl (C=O) groups is 1. The highest BCUT2D eigenvalue weighted by Crippen LogP contribution is 2.32. The summed E-state index contributed by atoms with van der Waals surface area (Å²) in [6, 6.07) is 1.90. The first-order valence-electron chi connectivity index (χ1n) is 8.45. The van der Waals surface area contributed by atoms with Crippen LogP contribution in [0.15, 0.2) is 24.4 Å². The fourth-order valence-corrected chi connectivity index (χ4v) is 3.75. The average molecular weight is 357 g/mol. The summed E-state index contributed by atoms with van der Waals surface area (Å²) in [7, 11) is 0. The van der Waals surface area contributed by atoms with E-state index >= 15 is 0 Å². The Morgan fingerprint density at radius 1 is 1.36 bits per heavy atom. The molecule has 1 atom stereocenters. The lowest BCUT2D eigenvalue weighted by Crippen LogP contribution is -2.39. The van der Waals surface area contributed by atoms with E-state index in [4.69, 9.17) is 0 Å². The molecule has 1 saturated heterocycles. The second-order valence-corrected chi connectivity index (χ2v) is 7.65. The molecule has 1 aliphatic heterocycles. The van der Waals surface area contributed by atoms with Gasteiger partial charge in [-0.15, -0.1) is 11.3 Å². The number of piperidine rings is 1. The van der Waals surface area contributed by atoms with E-state index in [1.165, 1.54) is 0 Å². The van der Waals surface area contributed by atoms with Gasteiger partial charge in [-0.2, -0.15) is 0 Å². The van der Waals surface area contributed by atoms with Gasteiger partial charge < -0.3 is 10.2 Å². The third kappa shape index (κ3) is 4.04. The number of aromatic nitrogens is 3. The van der Waals surface area contributed by atoms with Crippen molar-refractivity contribution < 1.29 is 4.79 Å². The van der Waals surface area contributed by atoms with E-state index in [9.17, 15) is 4.79 Å². The Morgan fingerprint density at radius 3 is 2.84 bits per heavy atom. The first-order chi connectivity index (χ1) is 11.9. The van der Waals surface area contributed by atoms with Crippen LogP contribution in [0.25, 0.3) is 0 Å². The van der Waals surface area contributed by atoms with Crippen molar-refractivity contribution in [1.82, 2.24) is 19.9 Å². The summed E-state index contributed by atoms with van der Waals surface area (Å²) in [5, 5.41) is 4.05. The van der Waals surface area contributed by atoms with Crippen molar-refractivity contribution in [3.63, 3.8) is 0 Å². The molecular formula is C18H23N5OS. The molecule has 0 spiro atoms. The highest BCUT2D eigenvalue weighted by atomic mass is 32.1. The van der Waals surface area contributed by atoms with Gasteiger partial charge >= 0.3 is 0 Å². The molecule has 2 aromatic heterocycles. The summed E-state index contributed by atoms with van der Waals surface area (Å²) in [6.45, 7) is 10.2. The molecule has 0 aliphatic carbocycles. The molecule has 1 aliphatic rings. The number of hydrogen-bond acceptors (Lipinski definition) is 6. The van der Waals surface area contributed by atoms with Gasteiger partial charge in [-0.1, -0.05) is 6.58 Å². The molecule has 0 aromatic carbocycles. The predicted octanol–water partition coefficient (Wildman–Crippen LogP) is 3.92. The zero-order valence-electron chi connectivity index (χ0n) is 14.9. The number of hydrogen-bond donors (Lipinski definition) is 1. The molecule has 0 bridgehead atoms. The minimum atomic E-state index is -0.0294. The van der Waals surface area contributed by atoms with Gasteiger partial charge in [0.25, 0.3) is 0 Å². The molecule has 1 fully saturated rings. The third-order valence-electron chi connectivity index (χ3n) is 4.18. The summed E-state index contributed by atoms with van der Waals surface area (Å²) in [4.78, 5) is 28.9. The molecule has 6 nitrogen and oxygen atoms in total. The maximum Gasteiger partial charge on any atom is 0.249 e. The maximum atomic E-state index is 12.5. The number of anilines is 2. The van der Waals surface area contributed by atoms with Crippen molar-refractivity contribution in [2.24, 2.45) is 0 Å². The number of likely N-dealkylation sites (tertiary alicyclic amines) is 1. The number of nitrogens with zero attached hydrogens (tertiary/aromatic N) is 4. The average Bonchev–Trinajstić information content (AvgIpc) is 2.98. The van der Waals surface area contributed by atoms with Crippen LogP contribution in [0.3, 0.4) is 0 Å². The second kappa shape index (κ2) is 7.31. The number of carbonyl (C=O) groups excluding carboxylic acids is 1. The minimum Gasteiger partial charge on any atom is -0.330 e. The minimum absolute atomic E-state index is 0.00558. The number of thiazole rings is 1.